The topological polar surface area (TPSA) is 62.7 Å². The average molecular weight is 338 g/mol. The number of benzene rings is 1. The highest BCUT2D eigenvalue weighted by Crippen LogP contribution is 2.39. The predicted molar refractivity (Wildman–Crippen MR) is 93.7 cm³/mol. The van der Waals surface area contributed by atoms with Crippen molar-refractivity contribution >= 4 is 5.78 Å². The van der Waals surface area contributed by atoms with Gasteiger partial charge in [0.05, 0.1) is 18.8 Å². The molecule has 0 radical (unpaired) electrons. The SMILES string of the molecule is O=C(CN1CC2CC(Oc3ccccc3)C[C@@H]2C1)c1ccc(O)cn1. The second-order valence-corrected chi connectivity index (χ2v) is 7.06. The Hall–Kier alpha value is -2.40. The molecule has 1 N–H and O–H groups in total. The van der Waals surface area contributed by atoms with E-state index in [2.05, 4.69) is 9.88 Å². The van der Waals surface area contributed by atoms with Crippen LogP contribution in [0.5, 0.6) is 11.5 Å². The van der Waals surface area contributed by atoms with Crippen molar-refractivity contribution < 1.29 is 14.6 Å². The Balaban J connectivity index is 1.29. The fraction of sp³-hybridized carbons (Fsp3) is 0.400. The van der Waals surface area contributed by atoms with Gasteiger partial charge in [-0.1, -0.05) is 18.2 Å². The molecular weight excluding hydrogens is 316 g/mol. The molecule has 130 valence electrons. The summed E-state index contributed by atoms with van der Waals surface area (Å²) in [4.78, 5) is 18.6. The van der Waals surface area contributed by atoms with Gasteiger partial charge in [0.25, 0.3) is 0 Å². The number of hydrogen-bond acceptors (Lipinski definition) is 5. The molecule has 1 aromatic carbocycles. The van der Waals surface area contributed by atoms with Crippen molar-refractivity contribution in [3.8, 4) is 11.5 Å². The number of likely N-dealkylation sites (tertiary alicyclic amines) is 1. The van der Waals surface area contributed by atoms with Crippen LogP contribution in [-0.4, -0.2) is 46.5 Å². The maximum Gasteiger partial charge on any atom is 0.195 e. The lowest BCUT2D eigenvalue weighted by atomic mass is 10.0. The van der Waals surface area contributed by atoms with Crippen molar-refractivity contribution in [3.63, 3.8) is 0 Å². The fourth-order valence-electron chi connectivity index (χ4n) is 4.09. The summed E-state index contributed by atoms with van der Waals surface area (Å²) in [5, 5.41) is 9.27. The number of aromatic hydroxyl groups is 1. The van der Waals surface area contributed by atoms with E-state index in [0.29, 0.717) is 24.1 Å². The average Bonchev–Trinajstić information content (AvgIpc) is 3.14. The van der Waals surface area contributed by atoms with E-state index in [4.69, 9.17) is 4.74 Å². The maximum atomic E-state index is 12.3. The number of Topliss-reactive ketones (excluding diaryl/α,β-unsaturated/α-hetero) is 1. The van der Waals surface area contributed by atoms with Crippen molar-refractivity contribution in [1.29, 1.82) is 0 Å². The van der Waals surface area contributed by atoms with Crippen LogP contribution in [0.15, 0.2) is 48.7 Å². The second-order valence-electron chi connectivity index (χ2n) is 7.06. The van der Waals surface area contributed by atoms with Gasteiger partial charge in [0.15, 0.2) is 5.78 Å². The largest absolute Gasteiger partial charge is 0.506 e. The second kappa shape index (κ2) is 6.84. The predicted octanol–water partition coefficient (Wildman–Crippen LogP) is 2.76. The minimum Gasteiger partial charge on any atom is -0.506 e. The number of pyridine rings is 1. The van der Waals surface area contributed by atoms with Crippen LogP contribution >= 0.6 is 0 Å². The molecule has 2 fully saturated rings. The van der Waals surface area contributed by atoms with E-state index in [1.54, 1.807) is 6.07 Å². The molecule has 3 atom stereocenters. The van der Waals surface area contributed by atoms with Gasteiger partial charge in [0.1, 0.15) is 17.2 Å². The summed E-state index contributed by atoms with van der Waals surface area (Å²) in [6.07, 6.45) is 3.72. The minimum absolute atomic E-state index is 0.0112. The molecule has 1 aromatic heterocycles. The van der Waals surface area contributed by atoms with Gasteiger partial charge >= 0.3 is 0 Å². The number of hydrogen-bond donors (Lipinski definition) is 1. The molecule has 1 saturated carbocycles. The summed E-state index contributed by atoms with van der Waals surface area (Å²) in [6, 6.07) is 13.1. The van der Waals surface area contributed by atoms with Gasteiger partial charge in [0.2, 0.25) is 0 Å². The van der Waals surface area contributed by atoms with E-state index in [0.717, 1.165) is 31.7 Å². The molecule has 25 heavy (non-hydrogen) atoms. The molecule has 0 spiro atoms. The summed E-state index contributed by atoms with van der Waals surface area (Å²) in [7, 11) is 0. The first kappa shape index (κ1) is 16.1. The zero-order chi connectivity index (χ0) is 17.2. The Morgan fingerprint density at radius 1 is 1.12 bits per heavy atom. The van der Waals surface area contributed by atoms with Crippen LogP contribution in [-0.2, 0) is 0 Å². The molecule has 0 amide bonds. The molecule has 1 aliphatic heterocycles. The van der Waals surface area contributed by atoms with Gasteiger partial charge in [-0.2, -0.15) is 0 Å². The standard InChI is InChI=1S/C20H22N2O3/c23-16-6-7-19(21-10-16)20(24)13-22-11-14-8-18(9-15(14)12-22)25-17-4-2-1-3-5-17/h1-7,10,14-15,18,23H,8-9,11-13H2/t14-,15?,18?/m1/s1. The Morgan fingerprint density at radius 3 is 2.48 bits per heavy atom. The summed E-state index contributed by atoms with van der Waals surface area (Å²) in [5.74, 6) is 2.25. The van der Waals surface area contributed by atoms with Gasteiger partial charge in [-0.05, 0) is 48.9 Å². The molecule has 5 nitrogen and oxygen atoms in total. The number of aromatic nitrogens is 1. The minimum atomic E-state index is 0.0112. The first-order chi connectivity index (χ1) is 12.2. The van der Waals surface area contributed by atoms with Gasteiger partial charge < -0.3 is 9.84 Å². The normalized spacial score (nSPS) is 25.7. The lowest BCUT2D eigenvalue weighted by Crippen LogP contribution is -2.30. The Kier molecular flexibility index (Phi) is 4.40. The number of carbonyl (C=O) groups is 1. The molecule has 2 aliphatic rings. The third-order valence-electron chi connectivity index (χ3n) is 5.23. The fourth-order valence-corrected chi connectivity index (χ4v) is 4.09. The first-order valence-corrected chi connectivity index (χ1v) is 8.79. The zero-order valence-electron chi connectivity index (χ0n) is 14.0. The Bertz CT molecular complexity index is 718. The molecule has 2 unspecified atom stereocenters. The molecule has 5 heteroatoms. The number of rotatable bonds is 5. The molecule has 4 rings (SSSR count). The van der Waals surface area contributed by atoms with Crippen LogP contribution in [0.1, 0.15) is 23.3 Å². The smallest absolute Gasteiger partial charge is 0.195 e. The molecular formula is C20H22N2O3. The number of ether oxygens (including phenoxy) is 1. The van der Waals surface area contributed by atoms with Crippen LogP contribution < -0.4 is 4.74 Å². The third kappa shape index (κ3) is 3.66. The van der Waals surface area contributed by atoms with Crippen molar-refractivity contribution in [2.75, 3.05) is 19.6 Å². The van der Waals surface area contributed by atoms with Crippen LogP contribution in [0.3, 0.4) is 0 Å². The van der Waals surface area contributed by atoms with Gasteiger partial charge in [-0.25, -0.2) is 4.98 Å². The summed E-state index contributed by atoms with van der Waals surface area (Å²) < 4.78 is 6.09. The van der Waals surface area contributed by atoms with Crippen molar-refractivity contribution in [2.24, 2.45) is 11.8 Å². The first-order valence-electron chi connectivity index (χ1n) is 8.79. The van der Waals surface area contributed by atoms with Crippen LogP contribution in [0.2, 0.25) is 0 Å². The van der Waals surface area contributed by atoms with Crippen LogP contribution in [0, 0.1) is 11.8 Å². The number of fused-ring (bicyclic) bond motifs is 1. The summed E-state index contributed by atoms with van der Waals surface area (Å²) in [5.41, 5.74) is 0.417. The van der Waals surface area contributed by atoms with Crippen molar-refractivity contribution in [3.05, 3.63) is 54.4 Å². The molecule has 2 aromatic rings. The van der Waals surface area contributed by atoms with Crippen molar-refractivity contribution in [2.45, 2.75) is 18.9 Å². The van der Waals surface area contributed by atoms with E-state index in [1.807, 2.05) is 30.3 Å². The zero-order valence-corrected chi connectivity index (χ0v) is 14.0. The van der Waals surface area contributed by atoms with E-state index in [9.17, 15) is 9.90 Å². The lowest BCUT2D eigenvalue weighted by Gasteiger charge is -2.19. The summed E-state index contributed by atoms with van der Waals surface area (Å²) in [6.45, 7) is 2.29. The monoisotopic (exact) mass is 338 g/mol. The lowest BCUT2D eigenvalue weighted by molar-refractivity contribution is 0.0932. The number of ketones is 1. The number of nitrogens with zero attached hydrogens (tertiary/aromatic N) is 2. The van der Waals surface area contributed by atoms with E-state index in [1.165, 1.54) is 12.3 Å². The Labute approximate surface area is 147 Å². The molecule has 1 saturated heterocycles. The Morgan fingerprint density at radius 2 is 1.84 bits per heavy atom. The number of carbonyl (C=O) groups excluding carboxylic acids is 1. The molecule has 1 aliphatic carbocycles. The van der Waals surface area contributed by atoms with Gasteiger partial charge in [-0.15, -0.1) is 0 Å². The third-order valence-corrected chi connectivity index (χ3v) is 5.23. The highest BCUT2D eigenvalue weighted by molar-refractivity contribution is 5.95. The summed E-state index contributed by atoms with van der Waals surface area (Å²) >= 11 is 0. The van der Waals surface area contributed by atoms with Crippen molar-refractivity contribution in [1.82, 2.24) is 9.88 Å². The molecule has 0 bridgehead atoms. The van der Waals surface area contributed by atoms with Gasteiger partial charge in [0, 0.05) is 13.1 Å². The number of para-hydroxylation sites is 1. The highest BCUT2D eigenvalue weighted by atomic mass is 16.5. The quantitative estimate of drug-likeness (QED) is 0.850. The molecule has 2 heterocycles. The van der Waals surface area contributed by atoms with E-state index < -0.39 is 0 Å². The maximum absolute atomic E-state index is 12.3. The van der Waals surface area contributed by atoms with Crippen LogP contribution in [0.25, 0.3) is 0 Å². The highest BCUT2D eigenvalue weighted by Gasteiger charge is 2.42. The van der Waals surface area contributed by atoms with E-state index in [-0.39, 0.29) is 17.6 Å². The van der Waals surface area contributed by atoms with E-state index >= 15 is 0 Å². The van der Waals surface area contributed by atoms with Crippen LogP contribution in [0.4, 0.5) is 0 Å². The van der Waals surface area contributed by atoms with Gasteiger partial charge in [-0.3, -0.25) is 9.69 Å².